The summed E-state index contributed by atoms with van der Waals surface area (Å²) in [5.74, 6) is 0.993. The van der Waals surface area contributed by atoms with E-state index >= 15 is 0 Å². The summed E-state index contributed by atoms with van der Waals surface area (Å²) in [7, 11) is 1.97. The highest BCUT2D eigenvalue weighted by atomic mass is 35.5. The van der Waals surface area contributed by atoms with E-state index in [9.17, 15) is 0 Å². The molecule has 5 heteroatoms. The average molecular weight is 242 g/mol. The minimum atomic E-state index is -0.0244. The van der Waals surface area contributed by atoms with Gasteiger partial charge in [-0.05, 0) is 12.1 Å². The molecule has 0 spiro atoms. The predicted octanol–water partition coefficient (Wildman–Crippen LogP) is 2.38. The number of aromatic nitrogens is 2. The van der Waals surface area contributed by atoms with E-state index in [1.54, 1.807) is 6.20 Å². The first-order valence-electron chi connectivity index (χ1n) is 4.64. The molecule has 3 nitrogen and oxygen atoms in total. The molecule has 0 aliphatic rings. The summed E-state index contributed by atoms with van der Waals surface area (Å²) in [5, 5.41) is 0. The van der Waals surface area contributed by atoms with Crippen LogP contribution in [0.2, 0.25) is 4.34 Å². The molecule has 2 heterocycles. The van der Waals surface area contributed by atoms with E-state index in [4.69, 9.17) is 17.3 Å². The number of imidazole rings is 1. The Bertz CT molecular complexity index is 449. The van der Waals surface area contributed by atoms with Crippen molar-refractivity contribution in [2.45, 2.75) is 12.5 Å². The van der Waals surface area contributed by atoms with Crippen molar-refractivity contribution < 1.29 is 0 Å². The summed E-state index contributed by atoms with van der Waals surface area (Å²) in [6, 6.07) is 3.82. The Hall–Kier alpha value is -0.840. The number of nitrogens with zero attached hydrogens (tertiary/aromatic N) is 2. The van der Waals surface area contributed by atoms with Crippen molar-refractivity contribution in [3.63, 3.8) is 0 Å². The SMILES string of the molecule is Cn1ccnc1CC(N)c1ccc(Cl)s1. The normalized spacial score (nSPS) is 13.0. The molecule has 1 unspecified atom stereocenters. The fourth-order valence-electron chi connectivity index (χ4n) is 1.42. The van der Waals surface area contributed by atoms with Crippen molar-refractivity contribution in [2.75, 3.05) is 0 Å². The lowest BCUT2D eigenvalue weighted by Gasteiger charge is -2.08. The van der Waals surface area contributed by atoms with Gasteiger partial charge in [0.15, 0.2) is 0 Å². The molecule has 0 saturated carbocycles. The molecule has 0 bridgehead atoms. The van der Waals surface area contributed by atoms with E-state index in [1.807, 2.05) is 29.9 Å². The van der Waals surface area contributed by atoms with Gasteiger partial charge in [-0.3, -0.25) is 0 Å². The van der Waals surface area contributed by atoms with Crippen molar-refractivity contribution in [3.05, 3.63) is 39.6 Å². The van der Waals surface area contributed by atoms with Gasteiger partial charge in [0.25, 0.3) is 0 Å². The van der Waals surface area contributed by atoms with Crippen LogP contribution in [0.3, 0.4) is 0 Å². The Balaban J connectivity index is 2.10. The predicted molar refractivity (Wildman–Crippen MR) is 63.2 cm³/mol. The molecule has 2 rings (SSSR count). The quantitative estimate of drug-likeness (QED) is 0.897. The van der Waals surface area contributed by atoms with Gasteiger partial charge in [0.05, 0.1) is 4.34 Å². The Morgan fingerprint density at radius 1 is 1.60 bits per heavy atom. The molecule has 0 amide bonds. The van der Waals surface area contributed by atoms with Crippen LogP contribution >= 0.6 is 22.9 Å². The summed E-state index contributed by atoms with van der Waals surface area (Å²) < 4.78 is 2.76. The first kappa shape index (κ1) is 10.7. The third-order valence-electron chi connectivity index (χ3n) is 2.28. The molecule has 2 aromatic rings. The van der Waals surface area contributed by atoms with Crippen LogP contribution in [-0.4, -0.2) is 9.55 Å². The van der Waals surface area contributed by atoms with Gasteiger partial charge in [-0.1, -0.05) is 11.6 Å². The Morgan fingerprint density at radius 2 is 2.40 bits per heavy atom. The lowest BCUT2D eigenvalue weighted by molar-refractivity contribution is 0.669. The molecule has 1 atom stereocenters. The van der Waals surface area contributed by atoms with Crippen LogP contribution < -0.4 is 5.73 Å². The maximum absolute atomic E-state index is 6.07. The second kappa shape index (κ2) is 4.35. The number of hydrogen-bond acceptors (Lipinski definition) is 3. The Morgan fingerprint density at radius 3 is 2.93 bits per heavy atom. The number of halogens is 1. The molecule has 0 saturated heterocycles. The van der Waals surface area contributed by atoms with Crippen LogP contribution in [0, 0.1) is 0 Å². The first-order valence-corrected chi connectivity index (χ1v) is 5.83. The number of hydrogen-bond donors (Lipinski definition) is 1. The zero-order chi connectivity index (χ0) is 10.8. The third kappa shape index (κ3) is 2.40. The molecule has 0 aliphatic carbocycles. The van der Waals surface area contributed by atoms with E-state index in [0.29, 0.717) is 0 Å². The zero-order valence-corrected chi connectivity index (χ0v) is 9.92. The summed E-state index contributed by atoms with van der Waals surface area (Å²) in [5.41, 5.74) is 6.07. The molecular weight excluding hydrogens is 230 g/mol. The molecule has 0 aliphatic heterocycles. The van der Waals surface area contributed by atoms with Gasteiger partial charge in [0.2, 0.25) is 0 Å². The fourth-order valence-corrected chi connectivity index (χ4v) is 2.48. The van der Waals surface area contributed by atoms with Crippen molar-refractivity contribution in [3.8, 4) is 0 Å². The van der Waals surface area contributed by atoms with Crippen LogP contribution in [0.5, 0.6) is 0 Å². The van der Waals surface area contributed by atoms with Crippen LogP contribution in [0.1, 0.15) is 16.7 Å². The molecule has 0 aromatic carbocycles. The maximum atomic E-state index is 6.07. The highest BCUT2D eigenvalue weighted by Gasteiger charge is 2.11. The van der Waals surface area contributed by atoms with Crippen molar-refractivity contribution in [1.29, 1.82) is 0 Å². The van der Waals surface area contributed by atoms with Gasteiger partial charge in [0.1, 0.15) is 5.82 Å². The van der Waals surface area contributed by atoms with E-state index in [2.05, 4.69) is 4.98 Å². The van der Waals surface area contributed by atoms with E-state index in [0.717, 1.165) is 21.5 Å². The molecule has 0 radical (unpaired) electrons. The van der Waals surface area contributed by atoms with Gasteiger partial charge in [0, 0.05) is 36.8 Å². The summed E-state index contributed by atoms with van der Waals surface area (Å²) in [6.45, 7) is 0. The van der Waals surface area contributed by atoms with Crippen molar-refractivity contribution in [1.82, 2.24) is 9.55 Å². The zero-order valence-electron chi connectivity index (χ0n) is 8.35. The van der Waals surface area contributed by atoms with Crippen LogP contribution in [0.15, 0.2) is 24.5 Å². The summed E-state index contributed by atoms with van der Waals surface area (Å²) in [6.07, 6.45) is 4.44. The molecule has 15 heavy (non-hydrogen) atoms. The number of nitrogens with two attached hydrogens (primary N) is 1. The van der Waals surface area contributed by atoms with Crippen LogP contribution in [0.25, 0.3) is 0 Å². The summed E-state index contributed by atoms with van der Waals surface area (Å²) >= 11 is 7.39. The molecule has 0 fully saturated rings. The van der Waals surface area contributed by atoms with Crippen LogP contribution in [-0.2, 0) is 13.5 Å². The van der Waals surface area contributed by atoms with E-state index in [-0.39, 0.29) is 6.04 Å². The Kier molecular flexibility index (Phi) is 3.09. The largest absolute Gasteiger partial charge is 0.338 e. The average Bonchev–Trinajstić information content (AvgIpc) is 2.77. The second-order valence-electron chi connectivity index (χ2n) is 3.41. The lowest BCUT2D eigenvalue weighted by atomic mass is 10.2. The molecule has 2 aromatic heterocycles. The highest BCUT2D eigenvalue weighted by molar-refractivity contribution is 7.16. The minimum absolute atomic E-state index is 0.0244. The van der Waals surface area contributed by atoms with Gasteiger partial charge in [-0.25, -0.2) is 4.98 Å². The third-order valence-corrected chi connectivity index (χ3v) is 3.65. The summed E-state index contributed by atoms with van der Waals surface area (Å²) in [4.78, 5) is 5.34. The smallest absolute Gasteiger partial charge is 0.110 e. The monoisotopic (exact) mass is 241 g/mol. The first-order chi connectivity index (χ1) is 7.16. The topological polar surface area (TPSA) is 43.8 Å². The van der Waals surface area contributed by atoms with Gasteiger partial charge >= 0.3 is 0 Å². The van der Waals surface area contributed by atoms with Gasteiger partial charge in [-0.15, -0.1) is 11.3 Å². The van der Waals surface area contributed by atoms with E-state index in [1.165, 1.54) is 11.3 Å². The fraction of sp³-hybridized carbons (Fsp3) is 0.300. The highest BCUT2D eigenvalue weighted by Crippen LogP contribution is 2.27. The van der Waals surface area contributed by atoms with Crippen LogP contribution in [0.4, 0.5) is 0 Å². The lowest BCUT2D eigenvalue weighted by Crippen LogP contribution is -2.14. The number of rotatable bonds is 3. The van der Waals surface area contributed by atoms with Gasteiger partial charge in [-0.2, -0.15) is 0 Å². The van der Waals surface area contributed by atoms with E-state index < -0.39 is 0 Å². The Labute approximate surface area is 97.5 Å². The maximum Gasteiger partial charge on any atom is 0.110 e. The molecule has 80 valence electrons. The second-order valence-corrected chi connectivity index (χ2v) is 5.15. The van der Waals surface area contributed by atoms with Gasteiger partial charge < -0.3 is 10.3 Å². The number of aryl methyl sites for hydroxylation is 1. The van der Waals surface area contributed by atoms with Crippen molar-refractivity contribution >= 4 is 22.9 Å². The molecular formula is C10H12ClN3S. The molecule has 2 N–H and O–H groups in total. The minimum Gasteiger partial charge on any atom is -0.338 e. The van der Waals surface area contributed by atoms with Crippen molar-refractivity contribution in [2.24, 2.45) is 12.8 Å². The number of thiophene rings is 1. The standard InChI is InChI=1S/C10H12ClN3S/c1-14-5-4-13-10(14)6-7(12)8-2-3-9(11)15-8/h2-5,7H,6,12H2,1H3.